The van der Waals surface area contributed by atoms with E-state index in [9.17, 15) is 0 Å². The second-order valence-corrected chi connectivity index (χ2v) is 4.36. The van der Waals surface area contributed by atoms with Crippen molar-refractivity contribution in [2.45, 2.75) is 26.8 Å². The average molecular weight is 224 g/mol. The van der Waals surface area contributed by atoms with Gasteiger partial charge in [0.15, 0.2) is 0 Å². The van der Waals surface area contributed by atoms with Crippen LogP contribution in [-0.2, 0) is 11.3 Å². The number of aromatic nitrogens is 3. The highest BCUT2D eigenvalue weighted by atomic mass is 16.5. The molecule has 0 amide bonds. The van der Waals surface area contributed by atoms with Gasteiger partial charge in [0.1, 0.15) is 11.6 Å². The topological polar surface area (TPSA) is 52.0 Å². The van der Waals surface area contributed by atoms with Gasteiger partial charge in [0, 0.05) is 19.7 Å². The average Bonchev–Trinajstić information content (AvgIpc) is 2.84. The van der Waals surface area contributed by atoms with Crippen LogP contribution in [0.1, 0.15) is 18.1 Å². The highest BCUT2D eigenvalue weighted by molar-refractivity contribution is 4.87. The highest BCUT2D eigenvalue weighted by Crippen LogP contribution is 2.10. The summed E-state index contributed by atoms with van der Waals surface area (Å²) in [7, 11) is 0. The zero-order chi connectivity index (χ0) is 11.4. The lowest BCUT2D eigenvalue weighted by Crippen LogP contribution is -2.27. The third kappa shape index (κ3) is 3.02. The molecular weight excluding hydrogens is 204 g/mol. The summed E-state index contributed by atoms with van der Waals surface area (Å²) < 4.78 is 7.28. The summed E-state index contributed by atoms with van der Waals surface area (Å²) in [5.41, 5.74) is 0. The molecule has 1 aromatic heterocycles. The number of nitrogens with zero attached hydrogens (tertiary/aromatic N) is 3. The minimum absolute atomic E-state index is 0.693. The van der Waals surface area contributed by atoms with Crippen LogP contribution in [0.3, 0.4) is 0 Å². The molecular formula is C11H20N4O. The summed E-state index contributed by atoms with van der Waals surface area (Å²) in [6.45, 7) is 8.63. The van der Waals surface area contributed by atoms with Crippen LogP contribution in [0.5, 0.6) is 0 Å². The normalized spacial score (nSPS) is 20.5. The summed E-state index contributed by atoms with van der Waals surface area (Å²) in [4.78, 5) is 4.27. The number of ether oxygens (including phenoxy) is 1. The van der Waals surface area contributed by atoms with E-state index in [2.05, 4.69) is 15.4 Å². The first-order chi connectivity index (χ1) is 7.75. The molecule has 5 nitrogen and oxygen atoms in total. The minimum Gasteiger partial charge on any atom is -0.381 e. The van der Waals surface area contributed by atoms with E-state index in [1.807, 2.05) is 18.5 Å². The van der Waals surface area contributed by atoms with Crippen molar-refractivity contribution in [1.29, 1.82) is 0 Å². The molecule has 0 bridgehead atoms. The summed E-state index contributed by atoms with van der Waals surface area (Å²) in [5, 5.41) is 7.76. The van der Waals surface area contributed by atoms with Gasteiger partial charge in [-0.05, 0) is 26.2 Å². The van der Waals surface area contributed by atoms with Gasteiger partial charge in [0.25, 0.3) is 0 Å². The van der Waals surface area contributed by atoms with E-state index < -0.39 is 0 Å². The third-order valence-corrected chi connectivity index (χ3v) is 2.92. The number of hydrogen-bond donors (Lipinski definition) is 1. The van der Waals surface area contributed by atoms with E-state index in [-0.39, 0.29) is 0 Å². The molecule has 0 radical (unpaired) electrons. The Balaban J connectivity index is 1.65. The van der Waals surface area contributed by atoms with E-state index in [0.29, 0.717) is 5.92 Å². The van der Waals surface area contributed by atoms with Gasteiger partial charge in [0.2, 0.25) is 0 Å². The van der Waals surface area contributed by atoms with E-state index in [1.165, 1.54) is 6.42 Å². The molecule has 1 aliphatic heterocycles. The Kier molecular flexibility index (Phi) is 3.90. The van der Waals surface area contributed by atoms with Gasteiger partial charge in [-0.15, -0.1) is 0 Å². The van der Waals surface area contributed by atoms with E-state index >= 15 is 0 Å². The zero-order valence-electron chi connectivity index (χ0n) is 10.1. The predicted octanol–water partition coefficient (Wildman–Crippen LogP) is 0.521. The molecule has 90 valence electrons. The van der Waals surface area contributed by atoms with Crippen molar-refractivity contribution >= 4 is 0 Å². The standard InChI is InChI=1S/C11H20N4O/c1-9-13-10(2)15(14-9)5-4-12-7-11-3-6-16-8-11/h11-12H,3-8H2,1-2H3. The van der Waals surface area contributed by atoms with Crippen LogP contribution < -0.4 is 5.32 Å². The van der Waals surface area contributed by atoms with Gasteiger partial charge < -0.3 is 10.1 Å². The molecule has 1 fully saturated rings. The van der Waals surface area contributed by atoms with E-state index in [1.54, 1.807) is 0 Å². The van der Waals surface area contributed by atoms with Crippen molar-refractivity contribution in [3.63, 3.8) is 0 Å². The van der Waals surface area contributed by atoms with Gasteiger partial charge in [-0.1, -0.05) is 0 Å². The van der Waals surface area contributed by atoms with Crippen LogP contribution in [0.2, 0.25) is 0 Å². The molecule has 1 aliphatic rings. The third-order valence-electron chi connectivity index (χ3n) is 2.92. The molecule has 1 unspecified atom stereocenters. The fraction of sp³-hybridized carbons (Fsp3) is 0.818. The highest BCUT2D eigenvalue weighted by Gasteiger charge is 2.14. The van der Waals surface area contributed by atoms with Crippen LogP contribution in [0.25, 0.3) is 0 Å². The molecule has 0 saturated carbocycles. The molecule has 2 heterocycles. The van der Waals surface area contributed by atoms with Gasteiger partial charge in [-0.2, -0.15) is 5.10 Å². The maximum Gasteiger partial charge on any atom is 0.147 e. The molecule has 2 rings (SSSR count). The van der Waals surface area contributed by atoms with Crippen LogP contribution in [0.4, 0.5) is 0 Å². The number of hydrogen-bond acceptors (Lipinski definition) is 4. The fourth-order valence-electron chi connectivity index (χ4n) is 2.01. The van der Waals surface area contributed by atoms with Crippen molar-refractivity contribution in [3.8, 4) is 0 Å². The van der Waals surface area contributed by atoms with Gasteiger partial charge in [-0.25, -0.2) is 9.67 Å². The molecule has 1 saturated heterocycles. The minimum atomic E-state index is 0.693. The Morgan fingerprint density at radius 1 is 1.50 bits per heavy atom. The maximum atomic E-state index is 5.33. The largest absolute Gasteiger partial charge is 0.381 e. The second kappa shape index (κ2) is 5.41. The molecule has 1 atom stereocenters. The number of nitrogens with one attached hydrogen (secondary N) is 1. The van der Waals surface area contributed by atoms with Crippen LogP contribution in [-0.4, -0.2) is 41.1 Å². The van der Waals surface area contributed by atoms with Crippen molar-refractivity contribution in [1.82, 2.24) is 20.1 Å². The smallest absolute Gasteiger partial charge is 0.147 e. The Morgan fingerprint density at radius 3 is 3.00 bits per heavy atom. The quantitative estimate of drug-likeness (QED) is 0.741. The molecule has 1 aromatic rings. The molecule has 5 heteroatoms. The fourth-order valence-corrected chi connectivity index (χ4v) is 2.01. The number of aryl methyl sites for hydroxylation is 2. The first-order valence-corrected chi connectivity index (χ1v) is 5.92. The SMILES string of the molecule is Cc1nc(C)n(CCNCC2CCOC2)n1. The van der Waals surface area contributed by atoms with E-state index in [0.717, 1.165) is 44.5 Å². The van der Waals surface area contributed by atoms with Crippen molar-refractivity contribution < 1.29 is 4.74 Å². The predicted molar refractivity (Wildman–Crippen MR) is 61.3 cm³/mol. The lowest BCUT2D eigenvalue weighted by Gasteiger charge is -2.09. The molecule has 0 spiro atoms. The summed E-state index contributed by atoms with van der Waals surface area (Å²) in [5.74, 6) is 2.53. The second-order valence-electron chi connectivity index (χ2n) is 4.36. The van der Waals surface area contributed by atoms with Crippen molar-refractivity contribution in [2.75, 3.05) is 26.3 Å². The lowest BCUT2D eigenvalue weighted by molar-refractivity contribution is 0.185. The number of rotatable bonds is 5. The first-order valence-electron chi connectivity index (χ1n) is 5.92. The maximum absolute atomic E-state index is 5.33. The first kappa shape index (κ1) is 11.5. The Morgan fingerprint density at radius 2 is 2.38 bits per heavy atom. The monoisotopic (exact) mass is 224 g/mol. The Bertz CT molecular complexity index is 331. The van der Waals surface area contributed by atoms with Crippen LogP contribution >= 0.6 is 0 Å². The zero-order valence-corrected chi connectivity index (χ0v) is 10.1. The Labute approximate surface area is 96.2 Å². The van der Waals surface area contributed by atoms with Crippen LogP contribution in [0, 0.1) is 19.8 Å². The summed E-state index contributed by atoms with van der Waals surface area (Å²) in [6.07, 6.45) is 1.19. The summed E-state index contributed by atoms with van der Waals surface area (Å²) in [6, 6.07) is 0. The molecule has 1 N–H and O–H groups in total. The van der Waals surface area contributed by atoms with Gasteiger partial charge in [0.05, 0.1) is 13.2 Å². The molecule has 0 aliphatic carbocycles. The van der Waals surface area contributed by atoms with Crippen LogP contribution in [0.15, 0.2) is 0 Å². The lowest BCUT2D eigenvalue weighted by atomic mass is 10.1. The Hall–Kier alpha value is -0.940. The van der Waals surface area contributed by atoms with Crippen molar-refractivity contribution in [2.24, 2.45) is 5.92 Å². The van der Waals surface area contributed by atoms with Crippen molar-refractivity contribution in [3.05, 3.63) is 11.6 Å². The summed E-state index contributed by atoms with van der Waals surface area (Å²) >= 11 is 0. The molecule has 0 aromatic carbocycles. The van der Waals surface area contributed by atoms with Gasteiger partial charge >= 0.3 is 0 Å². The van der Waals surface area contributed by atoms with E-state index in [4.69, 9.17) is 4.74 Å². The van der Waals surface area contributed by atoms with Gasteiger partial charge in [-0.3, -0.25) is 0 Å². The molecule has 16 heavy (non-hydrogen) atoms.